The van der Waals surface area contributed by atoms with Gasteiger partial charge in [0.1, 0.15) is 27.8 Å². The number of hydrogen-bond donors (Lipinski definition) is 1. The molecule has 2 aromatic heterocycles. The quantitative estimate of drug-likeness (QED) is 0.765. The molecule has 2 N–H and O–H groups in total. The van der Waals surface area contributed by atoms with Gasteiger partial charge in [0.25, 0.3) is 0 Å². The predicted octanol–water partition coefficient (Wildman–Crippen LogP) is 1.85. The largest absolute Gasteiger partial charge is 0.382 e. The molecule has 0 saturated carbocycles. The number of nitrogens with zero attached hydrogens (tertiary/aromatic N) is 3. The van der Waals surface area contributed by atoms with E-state index in [1.165, 1.54) is 6.26 Å². The Morgan fingerprint density at radius 1 is 1.36 bits per heavy atom. The molecule has 0 amide bonds. The van der Waals surface area contributed by atoms with Crippen LogP contribution in [0.2, 0.25) is 0 Å². The Kier molecular flexibility index (Phi) is 3.69. The first-order chi connectivity index (χ1) is 11.8. The highest BCUT2D eigenvalue weighted by atomic mass is 32.2. The highest BCUT2D eigenvalue weighted by Crippen LogP contribution is 2.32. The van der Waals surface area contributed by atoms with E-state index in [0.717, 1.165) is 34.4 Å². The third kappa shape index (κ3) is 2.85. The molecule has 1 unspecified atom stereocenters. The summed E-state index contributed by atoms with van der Waals surface area (Å²) in [5, 5.41) is 0.972. The predicted molar refractivity (Wildman–Crippen MR) is 97.2 cm³/mol. The summed E-state index contributed by atoms with van der Waals surface area (Å²) in [6.07, 6.45) is 1.25. The minimum atomic E-state index is -3.04. The van der Waals surface area contributed by atoms with E-state index < -0.39 is 9.84 Å². The monoisotopic (exact) mass is 360 g/mol. The number of benzene rings is 1. The first-order valence-electron chi connectivity index (χ1n) is 8.17. The van der Waals surface area contributed by atoms with Crippen LogP contribution in [0.3, 0.4) is 0 Å². The zero-order chi connectivity index (χ0) is 17.8. The topological polar surface area (TPSA) is 100 Å². The first-order valence-corrected chi connectivity index (χ1v) is 10.2. The Hall–Kier alpha value is -2.19. The Bertz CT molecular complexity index is 1090. The van der Waals surface area contributed by atoms with Gasteiger partial charge in [-0.25, -0.2) is 18.4 Å². The van der Waals surface area contributed by atoms with Crippen molar-refractivity contribution in [3.05, 3.63) is 29.6 Å². The van der Waals surface area contributed by atoms with Gasteiger partial charge in [-0.15, -0.1) is 0 Å². The molecule has 3 aromatic rings. The minimum absolute atomic E-state index is 0.106. The number of ether oxygens (including phenoxy) is 1. The molecule has 0 fully saturated rings. The number of nitrogen functional groups attached to an aromatic ring is 1. The molecule has 4 rings (SSSR count). The molecule has 0 aliphatic carbocycles. The normalized spacial score (nSPS) is 16.2. The van der Waals surface area contributed by atoms with Crippen LogP contribution in [-0.4, -0.2) is 41.6 Å². The lowest BCUT2D eigenvalue weighted by Crippen LogP contribution is -2.16. The summed E-state index contributed by atoms with van der Waals surface area (Å²) in [6.45, 7) is 3.75. The first kappa shape index (κ1) is 16.3. The van der Waals surface area contributed by atoms with Crippen molar-refractivity contribution in [2.45, 2.75) is 26.0 Å². The third-order valence-electron chi connectivity index (χ3n) is 4.62. The van der Waals surface area contributed by atoms with Crippen molar-refractivity contribution in [1.29, 1.82) is 0 Å². The van der Waals surface area contributed by atoms with Gasteiger partial charge >= 0.3 is 0 Å². The van der Waals surface area contributed by atoms with Crippen LogP contribution in [0.5, 0.6) is 0 Å². The van der Waals surface area contributed by atoms with E-state index in [9.17, 15) is 8.42 Å². The molecule has 3 heterocycles. The minimum Gasteiger partial charge on any atom is -0.382 e. The van der Waals surface area contributed by atoms with Gasteiger partial charge in [-0.2, -0.15) is 0 Å². The number of anilines is 1. The smallest absolute Gasteiger partial charge is 0.152 e. The van der Waals surface area contributed by atoms with E-state index in [2.05, 4.69) is 14.5 Å². The number of pyridine rings is 1. The lowest BCUT2D eigenvalue weighted by Gasteiger charge is -2.16. The van der Waals surface area contributed by atoms with E-state index in [1.54, 1.807) is 0 Å². The maximum absolute atomic E-state index is 11.6. The maximum atomic E-state index is 11.6. The summed E-state index contributed by atoms with van der Waals surface area (Å²) in [7, 11) is -3.04. The van der Waals surface area contributed by atoms with Crippen LogP contribution in [0.4, 0.5) is 5.82 Å². The summed E-state index contributed by atoms with van der Waals surface area (Å²) < 4.78 is 30.8. The van der Waals surface area contributed by atoms with Crippen LogP contribution in [0.15, 0.2) is 18.2 Å². The molecule has 1 aromatic carbocycles. The van der Waals surface area contributed by atoms with Crippen LogP contribution in [0, 0.1) is 0 Å². The molecule has 0 saturated heterocycles. The van der Waals surface area contributed by atoms with Crippen molar-refractivity contribution in [2.75, 3.05) is 24.3 Å². The molecule has 1 aliphatic heterocycles. The molecule has 1 atom stereocenters. The van der Waals surface area contributed by atoms with Crippen LogP contribution < -0.4 is 5.73 Å². The average molecular weight is 360 g/mol. The van der Waals surface area contributed by atoms with Crippen LogP contribution in [0.25, 0.3) is 21.9 Å². The summed E-state index contributed by atoms with van der Waals surface area (Å²) in [5.41, 5.74) is 9.51. The fraction of sp³-hybridized carbons (Fsp3) is 0.412. The second kappa shape index (κ2) is 5.67. The number of sulfone groups is 1. The summed E-state index contributed by atoms with van der Waals surface area (Å²) in [6, 6.07) is 5.89. The van der Waals surface area contributed by atoms with Crippen molar-refractivity contribution >= 4 is 37.6 Å². The molecule has 1 aliphatic rings. The lowest BCUT2D eigenvalue weighted by atomic mass is 10.0. The van der Waals surface area contributed by atoms with E-state index in [-0.39, 0.29) is 11.7 Å². The van der Waals surface area contributed by atoms with Crippen LogP contribution >= 0.6 is 0 Å². The number of imidazole rings is 1. The Morgan fingerprint density at radius 2 is 2.16 bits per heavy atom. The fourth-order valence-corrected chi connectivity index (χ4v) is 4.60. The zero-order valence-corrected chi connectivity index (χ0v) is 15.0. The van der Waals surface area contributed by atoms with Crippen molar-refractivity contribution in [3.63, 3.8) is 0 Å². The van der Waals surface area contributed by atoms with Crippen molar-refractivity contribution in [3.8, 4) is 0 Å². The van der Waals surface area contributed by atoms with Gasteiger partial charge < -0.3 is 15.0 Å². The van der Waals surface area contributed by atoms with Gasteiger partial charge in [0, 0.05) is 18.2 Å². The molecule has 8 heteroatoms. The molecule has 0 spiro atoms. The van der Waals surface area contributed by atoms with Gasteiger partial charge in [-0.05, 0) is 17.5 Å². The maximum Gasteiger partial charge on any atom is 0.152 e. The molecule has 0 radical (unpaired) electrons. The Balaban J connectivity index is 1.90. The number of hydrogen-bond acceptors (Lipinski definition) is 6. The molecular formula is C17H20N4O3S. The number of rotatable bonds is 3. The molecule has 132 valence electrons. The van der Waals surface area contributed by atoms with Crippen molar-refractivity contribution in [2.24, 2.45) is 0 Å². The second-order valence-electron chi connectivity index (χ2n) is 6.70. The van der Waals surface area contributed by atoms with Crippen molar-refractivity contribution in [1.82, 2.24) is 14.5 Å². The van der Waals surface area contributed by atoms with Gasteiger partial charge in [0.05, 0.1) is 23.4 Å². The number of fused-ring (bicyclic) bond motifs is 5. The lowest BCUT2D eigenvalue weighted by molar-refractivity contribution is 0.0831. The van der Waals surface area contributed by atoms with Gasteiger partial charge in [-0.1, -0.05) is 19.1 Å². The Morgan fingerprint density at radius 3 is 2.92 bits per heavy atom. The molecule has 7 nitrogen and oxygen atoms in total. The highest BCUT2D eigenvalue weighted by Gasteiger charge is 2.20. The zero-order valence-electron chi connectivity index (χ0n) is 14.2. The number of aromatic nitrogens is 3. The Labute approximate surface area is 145 Å². The molecular weight excluding hydrogens is 340 g/mol. The van der Waals surface area contributed by atoms with E-state index >= 15 is 0 Å². The summed E-state index contributed by atoms with van der Waals surface area (Å²) in [4.78, 5) is 9.08. The molecule has 0 bridgehead atoms. The second-order valence-corrected chi connectivity index (χ2v) is 8.88. The number of nitrogens with two attached hydrogens (primary N) is 1. The summed E-state index contributed by atoms with van der Waals surface area (Å²) in [5.74, 6) is 1.25. The molecule has 25 heavy (non-hydrogen) atoms. The summed E-state index contributed by atoms with van der Waals surface area (Å²) >= 11 is 0. The van der Waals surface area contributed by atoms with Crippen LogP contribution in [-0.2, 0) is 27.7 Å². The highest BCUT2D eigenvalue weighted by molar-refractivity contribution is 7.90. The third-order valence-corrected chi connectivity index (χ3v) is 5.72. The van der Waals surface area contributed by atoms with Gasteiger partial charge in [-0.3, -0.25) is 0 Å². The van der Waals surface area contributed by atoms with Gasteiger partial charge in [0.15, 0.2) is 5.82 Å². The standard InChI is InChI=1S/C17H20N4O3S/c1-10(9-25(2,22)23)11-3-4-12-13(7-11)19-17(18)15-16(12)21-5-6-24-8-14(21)20-15/h3-4,7,10H,5-6,8-9H2,1-2H3,(H2,18,19). The van der Waals surface area contributed by atoms with E-state index in [0.29, 0.717) is 24.5 Å². The van der Waals surface area contributed by atoms with Crippen molar-refractivity contribution < 1.29 is 13.2 Å². The van der Waals surface area contributed by atoms with Gasteiger partial charge in [0.2, 0.25) is 0 Å². The SMILES string of the molecule is CC(CS(C)(=O)=O)c1ccc2c(c1)nc(N)c1nc3n(c12)CCOC3. The van der Waals surface area contributed by atoms with E-state index in [4.69, 9.17) is 10.5 Å². The van der Waals surface area contributed by atoms with Crippen LogP contribution in [0.1, 0.15) is 24.2 Å². The van der Waals surface area contributed by atoms with E-state index in [1.807, 2.05) is 25.1 Å². The fourth-order valence-electron chi connectivity index (χ4n) is 3.50. The average Bonchev–Trinajstić information content (AvgIpc) is 2.93.